The summed E-state index contributed by atoms with van der Waals surface area (Å²) in [4.78, 5) is 11.6. The summed E-state index contributed by atoms with van der Waals surface area (Å²) in [7, 11) is 4.04. The zero-order chi connectivity index (χ0) is 21.6. The van der Waals surface area contributed by atoms with Crippen molar-refractivity contribution < 1.29 is 4.39 Å². The predicted molar refractivity (Wildman–Crippen MR) is 126 cm³/mol. The molecule has 0 radical (unpaired) electrons. The van der Waals surface area contributed by atoms with Crippen molar-refractivity contribution in [1.82, 2.24) is 15.3 Å². The fourth-order valence-electron chi connectivity index (χ4n) is 4.39. The van der Waals surface area contributed by atoms with Crippen molar-refractivity contribution in [2.45, 2.75) is 38.1 Å². The minimum absolute atomic E-state index is 0.156. The van der Waals surface area contributed by atoms with E-state index in [0.717, 1.165) is 60.6 Å². The lowest BCUT2D eigenvalue weighted by atomic mass is 9.86. The van der Waals surface area contributed by atoms with Crippen LogP contribution >= 0.6 is 0 Å². The molecule has 0 bridgehead atoms. The van der Waals surface area contributed by atoms with E-state index in [0.29, 0.717) is 12.0 Å². The van der Waals surface area contributed by atoms with Crippen molar-refractivity contribution in [1.29, 1.82) is 0 Å². The van der Waals surface area contributed by atoms with Gasteiger partial charge in [-0.3, -0.25) is 0 Å². The third-order valence-electron chi connectivity index (χ3n) is 6.10. The standard InChI is InChI=1S/C25H32FN5/c1-31(2)24-22-8-3-4-9-23(22)29-25(30-24)28-21-12-10-19(11-13-21)17-27-15-14-18-6-5-7-20(26)16-18/h3-9,16,19,21,27H,10-15,17H2,1-2H3,(H,28,29,30)/t19-,21+. The first-order valence-electron chi connectivity index (χ1n) is 11.2. The van der Waals surface area contributed by atoms with Gasteiger partial charge in [-0.1, -0.05) is 24.3 Å². The number of nitrogens with one attached hydrogen (secondary N) is 2. The molecule has 4 rings (SSSR count). The third kappa shape index (κ3) is 5.70. The zero-order valence-corrected chi connectivity index (χ0v) is 18.4. The van der Waals surface area contributed by atoms with Crippen LogP contribution in [0.25, 0.3) is 10.9 Å². The van der Waals surface area contributed by atoms with Crippen molar-refractivity contribution in [2.75, 3.05) is 37.4 Å². The van der Waals surface area contributed by atoms with Gasteiger partial charge in [-0.15, -0.1) is 0 Å². The first-order valence-corrected chi connectivity index (χ1v) is 11.2. The first-order chi connectivity index (χ1) is 15.1. The number of rotatable bonds is 8. The van der Waals surface area contributed by atoms with Crippen molar-refractivity contribution in [2.24, 2.45) is 5.92 Å². The molecule has 0 aliphatic heterocycles. The molecule has 1 aliphatic rings. The molecule has 0 unspecified atom stereocenters. The van der Waals surface area contributed by atoms with Crippen molar-refractivity contribution >= 4 is 22.7 Å². The Hall–Kier alpha value is -2.73. The number of benzene rings is 2. The van der Waals surface area contributed by atoms with Gasteiger partial charge in [0.2, 0.25) is 5.95 Å². The van der Waals surface area contributed by atoms with Crippen molar-refractivity contribution in [3.8, 4) is 0 Å². The van der Waals surface area contributed by atoms with Gasteiger partial charge in [-0.2, -0.15) is 4.98 Å². The lowest BCUT2D eigenvalue weighted by Gasteiger charge is -2.29. The SMILES string of the molecule is CN(C)c1nc(N[C@H]2CC[C@@H](CNCCc3cccc(F)c3)CC2)nc2ccccc12. The van der Waals surface area contributed by atoms with Crippen LogP contribution in [-0.2, 0) is 6.42 Å². The minimum atomic E-state index is -0.156. The second-order valence-electron chi connectivity index (χ2n) is 8.73. The Kier molecular flexibility index (Phi) is 6.97. The summed E-state index contributed by atoms with van der Waals surface area (Å²) in [6.45, 7) is 1.92. The molecule has 2 N–H and O–H groups in total. The summed E-state index contributed by atoms with van der Waals surface area (Å²) < 4.78 is 13.3. The van der Waals surface area contributed by atoms with E-state index in [9.17, 15) is 4.39 Å². The molecule has 0 spiro atoms. The molecule has 1 aromatic heterocycles. The zero-order valence-electron chi connectivity index (χ0n) is 18.4. The van der Waals surface area contributed by atoms with Gasteiger partial charge in [0.15, 0.2) is 0 Å². The van der Waals surface area contributed by atoms with Crippen LogP contribution in [0.15, 0.2) is 48.5 Å². The van der Waals surface area contributed by atoms with Crippen LogP contribution in [0.2, 0.25) is 0 Å². The van der Waals surface area contributed by atoms with Crippen molar-refractivity contribution in [3.63, 3.8) is 0 Å². The number of para-hydroxylation sites is 1. The van der Waals surface area contributed by atoms with Gasteiger partial charge in [-0.05, 0) is 80.9 Å². The van der Waals surface area contributed by atoms with Crippen LogP contribution in [0.3, 0.4) is 0 Å². The van der Waals surface area contributed by atoms with Crippen LogP contribution in [0.5, 0.6) is 0 Å². The third-order valence-corrected chi connectivity index (χ3v) is 6.10. The van der Waals surface area contributed by atoms with Gasteiger partial charge in [0.25, 0.3) is 0 Å². The molecule has 164 valence electrons. The second kappa shape index (κ2) is 10.1. The maximum Gasteiger partial charge on any atom is 0.225 e. The minimum Gasteiger partial charge on any atom is -0.362 e. The van der Waals surface area contributed by atoms with Gasteiger partial charge >= 0.3 is 0 Å². The van der Waals surface area contributed by atoms with E-state index >= 15 is 0 Å². The van der Waals surface area contributed by atoms with Gasteiger partial charge in [-0.25, -0.2) is 9.37 Å². The van der Waals surface area contributed by atoms with Gasteiger partial charge in [0, 0.05) is 25.5 Å². The molecule has 3 aromatic rings. The van der Waals surface area contributed by atoms with Crippen LogP contribution < -0.4 is 15.5 Å². The molecule has 0 saturated heterocycles. The second-order valence-corrected chi connectivity index (χ2v) is 8.73. The van der Waals surface area contributed by atoms with E-state index in [1.54, 1.807) is 12.1 Å². The van der Waals surface area contributed by atoms with Crippen LogP contribution in [-0.4, -0.2) is 43.2 Å². The monoisotopic (exact) mass is 421 g/mol. The smallest absolute Gasteiger partial charge is 0.225 e. The number of hydrogen-bond donors (Lipinski definition) is 2. The topological polar surface area (TPSA) is 53.1 Å². The Balaban J connectivity index is 1.25. The average Bonchev–Trinajstić information content (AvgIpc) is 2.77. The van der Waals surface area contributed by atoms with E-state index in [2.05, 4.69) is 16.7 Å². The van der Waals surface area contributed by atoms with E-state index in [4.69, 9.17) is 9.97 Å². The summed E-state index contributed by atoms with van der Waals surface area (Å²) in [5.41, 5.74) is 2.02. The fraction of sp³-hybridized carbons (Fsp3) is 0.440. The Morgan fingerprint density at radius 2 is 1.81 bits per heavy atom. The van der Waals surface area contributed by atoms with Gasteiger partial charge in [0.05, 0.1) is 5.52 Å². The lowest BCUT2D eigenvalue weighted by molar-refractivity contribution is 0.325. The molecule has 0 atom stereocenters. The number of halogens is 1. The Morgan fingerprint density at radius 3 is 2.58 bits per heavy atom. The molecule has 6 heteroatoms. The first kappa shape index (κ1) is 21.5. The van der Waals surface area contributed by atoms with E-state index in [-0.39, 0.29) is 5.82 Å². The number of aromatic nitrogens is 2. The molecule has 0 amide bonds. The molecule has 1 heterocycles. The predicted octanol–water partition coefficient (Wildman–Crippen LogP) is 4.64. The van der Waals surface area contributed by atoms with Crippen LogP contribution in [0.4, 0.5) is 16.2 Å². The Labute approximate surface area is 184 Å². The highest BCUT2D eigenvalue weighted by molar-refractivity contribution is 5.90. The number of nitrogens with zero attached hydrogens (tertiary/aromatic N) is 3. The van der Waals surface area contributed by atoms with Gasteiger partial charge in [0.1, 0.15) is 11.6 Å². The summed E-state index contributed by atoms with van der Waals surface area (Å²) in [5.74, 6) is 2.21. The quantitative estimate of drug-likeness (QED) is 0.519. The summed E-state index contributed by atoms with van der Waals surface area (Å²) in [6.07, 6.45) is 5.51. The number of fused-ring (bicyclic) bond motifs is 1. The van der Waals surface area contributed by atoms with E-state index < -0.39 is 0 Å². The average molecular weight is 422 g/mol. The molecule has 1 fully saturated rings. The molecular weight excluding hydrogens is 389 g/mol. The lowest BCUT2D eigenvalue weighted by Crippen LogP contribution is -2.32. The Morgan fingerprint density at radius 1 is 1.00 bits per heavy atom. The summed E-state index contributed by atoms with van der Waals surface area (Å²) in [6, 6.07) is 15.5. The molecule has 5 nitrogen and oxygen atoms in total. The van der Waals surface area contributed by atoms with Crippen molar-refractivity contribution in [3.05, 3.63) is 59.9 Å². The van der Waals surface area contributed by atoms with E-state index in [1.807, 2.05) is 43.3 Å². The number of anilines is 2. The fourth-order valence-corrected chi connectivity index (χ4v) is 4.39. The largest absolute Gasteiger partial charge is 0.362 e. The Bertz CT molecular complexity index is 998. The molecule has 2 aromatic carbocycles. The normalized spacial score (nSPS) is 18.8. The highest BCUT2D eigenvalue weighted by Gasteiger charge is 2.22. The molecule has 31 heavy (non-hydrogen) atoms. The van der Waals surface area contributed by atoms with Crippen LogP contribution in [0, 0.1) is 11.7 Å². The van der Waals surface area contributed by atoms with Gasteiger partial charge < -0.3 is 15.5 Å². The highest BCUT2D eigenvalue weighted by atomic mass is 19.1. The van der Waals surface area contributed by atoms with E-state index in [1.165, 1.54) is 18.9 Å². The maximum absolute atomic E-state index is 13.3. The highest BCUT2D eigenvalue weighted by Crippen LogP contribution is 2.28. The van der Waals surface area contributed by atoms with Crippen LogP contribution in [0.1, 0.15) is 31.2 Å². The molecular formula is C25H32FN5. The maximum atomic E-state index is 13.3. The summed E-state index contributed by atoms with van der Waals surface area (Å²) in [5, 5.41) is 8.21. The molecule has 1 aliphatic carbocycles. The number of hydrogen-bond acceptors (Lipinski definition) is 5. The molecule has 1 saturated carbocycles. The summed E-state index contributed by atoms with van der Waals surface area (Å²) >= 11 is 0.